The fourth-order valence-electron chi connectivity index (χ4n) is 1.37. The Morgan fingerprint density at radius 2 is 1.94 bits per heavy atom. The molecule has 2 atom stereocenters. The summed E-state index contributed by atoms with van der Waals surface area (Å²) in [5, 5.41) is 11.5. The van der Waals surface area contributed by atoms with Crippen LogP contribution >= 0.6 is 0 Å². The summed E-state index contributed by atoms with van der Waals surface area (Å²) >= 11 is 0. The average Bonchev–Trinajstić information content (AvgIpc) is 2.23. The summed E-state index contributed by atoms with van der Waals surface area (Å²) in [5.41, 5.74) is 5.09. The number of nitrogens with zero attached hydrogens (tertiary/aromatic N) is 1. The predicted molar refractivity (Wildman–Crippen MR) is 64.6 cm³/mol. The molecule has 0 saturated heterocycles. The minimum atomic E-state index is -0.452. The van der Waals surface area contributed by atoms with Crippen LogP contribution in [0.4, 0.5) is 0 Å². The number of hydrogen-bond acceptors (Lipinski definition) is 3. The molecule has 0 aliphatic carbocycles. The number of primary amides is 1. The van der Waals surface area contributed by atoms with Crippen molar-refractivity contribution >= 4 is 11.8 Å². The van der Waals surface area contributed by atoms with Gasteiger partial charge in [-0.25, -0.2) is 0 Å². The van der Waals surface area contributed by atoms with Gasteiger partial charge in [-0.2, -0.15) is 5.26 Å². The van der Waals surface area contributed by atoms with Gasteiger partial charge in [-0.1, -0.05) is 20.8 Å². The van der Waals surface area contributed by atoms with E-state index in [1.807, 2.05) is 13.8 Å². The molecule has 0 aromatic heterocycles. The van der Waals surface area contributed by atoms with Gasteiger partial charge in [0.15, 0.2) is 0 Å². The van der Waals surface area contributed by atoms with E-state index in [1.54, 1.807) is 6.92 Å². The molecule has 2 unspecified atom stereocenters. The lowest BCUT2D eigenvalue weighted by atomic mass is 10.0. The van der Waals surface area contributed by atoms with Crippen LogP contribution in [0.15, 0.2) is 0 Å². The number of rotatable bonds is 7. The molecule has 96 valence electrons. The van der Waals surface area contributed by atoms with Crippen molar-refractivity contribution in [2.24, 2.45) is 17.6 Å². The number of nitrogens with one attached hydrogen (secondary N) is 1. The van der Waals surface area contributed by atoms with Gasteiger partial charge in [0.25, 0.3) is 0 Å². The molecule has 17 heavy (non-hydrogen) atoms. The molecule has 0 spiro atoms. The van der Waals surface area contributed by atoms with E-state index >= 15 is 0 Å². The monoisotopic (exact) mass is 239 g/mol. The van der Waals surface area contributed by atoms with Gasteiger partial charge in [-0.05, 0) is 18.8 Å². The number of carbonyl (C=O) groups is 2. The second-order valence-corrected chi connectivity index (χ2v) is 4.72. The second-order valence-electron chi connectivity index (χ2n) is 4.72. The van der Waals surface area contributed by atoms with Gasteiger partial charge in [-0.3, -0.25) is 9.59 Å². The molecular weight excluding hydrogens is 218 g/mol. The normalized spacial score (nSPS) is 13.8. The Kier molecular flexibility index (Phi) is 6.95. The Labute approximate surface area is 102 Å². The van der Waals surface area contributed by atoms with Crippen LogP contribution in [0.5, 0.6) is 0 Å². The first-order chi connectivity index (χ1) is 7.86. The van der Waals surface area contributed by atoms with E-state index in [2.05, 4.69) is 11.4 Å². The SMILES string of the molecule is CC(C)CC(C#N)NC(=O)CCC(C)C(N)=O. The maximum absolute atomic E-state index is 11.5. The number of amides is 2. The molecule has 0 rings (SSSR count). The average molecular weight is 239 g/mol. The maximum Gasteiger partial charge on any atom is 0.221 e. The van der Waals surface area contributed by atoms with Crippen LogP contribution in [0.25, 0.3) is 0 Å². The minimum absolute atomic E-state index is 0.203. The number of carbonyl (C=O) groups excluding carboxylic acids is 2. The molecule has 0 aliphatic heterocycles. The molecule has 0 radical (unpaired) electrons. The van der Waals surface area contributed by atoms with Gasteiger partial charge in [0.2, 0.25) is 11.8 Å². The Balaban J connectivity index is 4.00. The van der Waals surface area contributed by atoms with Crippen molar-refractivity contribution in [2.45, 2.75) is 46.1 Å². The van der Waals surface area contributed by atoms with Crippen molar-refractivity contribution in [2.75, 3.05) is 0 Å². The maximum atomic E-state index is 11.5. The third kappa shape index (κ3) is 7.34. The number of nitriles is 1. The molecule has 0 aromatic carbocycles. The Morgan fingerprint density at radius 3 is 2.35 bits per heavy atom. The molecule has 0 aliphatic rings. The first-order valence-electron chi connectivity index (χ1n) is 5.85. The molecule has 0 fully saturated rings. The third-order valence-corrected chi connectivity index (χ3v) is 2.49. The second kappa shape index (κ2) is 7.66. The smallest absolute Gasteiger partial charge is 0.221 e. The van der Waals surface area contributed by atoms with Gasteiger partial charge < -0.3 is 11.1 Å². The third-order valence-electron chi connectivity index (χ3n) is 2.49. The van der Waals surface area contributed by atoms with Gasteiger partial charge >= 0.3 is 0 Å². The molecule has 0 heterocycles. The van der Waals surface area contributed by atoms with E-state index < -0.39 is 11.9 Å². The molecule has 0 bridgehead atoms. The van der Waals surface area contributed by atoms with Crippen molar-refractivity contribution < 1.29 is 9.59 Å². The number of hydrogen-bond donors (Lipinski definition) is 2. The number of nitrogens with two attached hydrogens (primary N) is 1. The minimum Gasteiger partial charge on any atom is -0.369 e. The molecule has 3 N–H and O–H groups in total. The van der Waals surface area contributed by atoms with Crippen LogP contribution in [-0.4, -0.2) is 17.9 Å². The summed E-state index contributed by atoms with van der Waals surface area (Å²) < 4.78 is 0. The van der Waals surface area contributed by atoms with Crippen LogP contribution in [-0.2, 0) is 9.59 Å². The highest BCUT2D eigenvalue weighted by molar-refractivity contribution is 5.79. The van der Waals surface area contributed by atoms with Gasteiger partial charge in [0.1, 0.15) is 6.04 Å². The van der Waals surface area contributed by atoms with Crippen molar-refractivity contribution in [1.29, 1.82) is 5.26 Å². The topological polar surface area (TPSA) is 96.0 Å². The first kappa shape index (κ1) is 15.4. The van der Waals surface area contributed by atoms with Crippen LogP contribution in [0.1, 0.15) is 40.0 Å². The fourth-order valence-corrected chi connectivity index (χ4v) is 1.37. The zero-order valence-corrected chi connectivity index (χ0v) is 10.7. The van der Waals surface area contributed by atoms with E-state index in [0.29, 0.717) is 18.8 Å². The standard InChI is InChI=1S/C12H21N3O2/c1-8(2)6-10(7-13)15-11(16)5-4-9(3)12(14)17/h8-10H,4-6H2,1-3H3,(H2,14,17)(H,15,16). The molecule has 0 aromatic rings. The summed E-state index contributed by atoms with van der Waals surface area (Å²) in [5.74, 6) is -0.571. The summed E-state index contributed by atoms with van der Waals surface area (Å²) in [6, 6.07) is 1.60. The van der Waals surface area contributed by atoms with E-state index in [9.17, 15) is 9.59 Å². The van der Waals surface area contributed by atoms with Crippen molar-refractivity contribution in [3.05, 3.63) is 0 Å². The molecule has 2 amide bonds. The molecular formula is C12H21N3O2. The van der Waals surface area contributed by atoms with E-state index in [-0.39, 0.29) is 18.2 Å². The lowest BCUT2D eigenvalue weighted by Crippen LogP contribution is -2.35. The lowest BCUT2D eigenvalue weighted by Gasteiger charge is -2.14. The fraction of sp³-hybridized carbons (Fsp3) is 0.750. The van der Waals surface area contributed by atoms with Crippen molar-refractivity contribution in [1.82, 2.24) is 5.32 Å². The van der Waals surface area contributed by atoms with E-state index in [1.165, 1.54) is 0 Å². The lowest BCUT2D eigenvalue weighted by molar-refractivity contribution is -0.123. The summed E-state index contributed by atoms with van der Waals surface area (Å²) in [6.07, 6.45) is 1.27. The van der Waals surface area contributed by atoms with Crippen molar-refractivity contribution in [3.8, 4) is 6.07 Å². The molecule has 0 saturated carbocycles. The van der Waals surface area contributed by atoms with Crippen LogP contribution in [0, 0.1) is 23.2 Å². The van der Waals surface area contributed by atoms with E-state index in [4.69, 9.17) is 11.0 Å². The van der Waals surface area contributed by atoms with E-state index in [0.717, 1.165) is 0 Å². The highest BCUT2D eigenvalue weighted by Crippen LogP contribution is 2.07. The zero-order valence-electron chi connectivity index (χ0n) is 10.7. The van der Waals surface area contributed by atoms with Crippen molar-refractivity contribution in [3.63, 3.8) is 0 Å². The van der Waals surface area contributed by atoms with Crippen LogP contribution in [0.2, 0.25) is 0 Å². The summed E-state index contributed by atoms with van der Waals surface area (Å²) in [7, 11) is 0. The van der Waals surface area contributed by atoms with Gasteiger partial charge in [0.05, 0.1) is 6.07 Å². The summed E-state index contributed by atoms with van der Waals surface area (Å²) in [6.45, 7) is 5.67. The molecule has 5 nitrogen and oxygen atoms in total. The van der Waals surface area contributed by atoms with Crippen LogP contribution < -0.4 is 11.1 Å². The predicted octanol–water partition coefficient (Wildman–Crippen LogP) is 0.942. The zero-order chi connectivity index (χ0) is 13.4. The largest absolute Gasteiger partial charge is 0.369 e. The molecule has 5 heteroatoms. The van der Waals surface area contributed by atoms with Crippen LogP contribution in [0.3, 0.4) is 0 Å². The first-order valence-corrected chi connectivity index (χ1v) is 5.85. The van der Waals surface area contributed by atoms with Gasteiger partial charge in [0, 0.05) is 12.3 Å². The Morgan fingerprint density at radius 1 is 1.35 bits per heavy atom. The Hall–Kier alpha value is -1.57. The summed E-state index contributed by atoms with van der Waals surface area (Å²) in [4.78, 5) is 22.3. The highest BCUT2D eigenvalue weighted by atomic mass is 16.2. The Bertz CT molecular complexity index is 307. The highest BCUT2D eigenvalue weighted by Gasteiger charge is 2.15. The quantitative estimate of drug-likeness (QED) is 0.692. The van der Waals surface area contributed by atoms with Gasteiger partial charge in [-0.15, -0.1) is 0 Å².